The van der Waals surface area contributed by atoms with E-state index >= 15 is 0 Å². The number of aromatic nitrogens is 1. The first kappa shape index (κ1) is 13.9. The minimum atomic E-state index is 0.0215. The quantitative estimate of drug-likeness (QED) is 0.704. The molecule has 4 heteroatoms. The topological polar surface area (TPSA) is 51.6 Å². The summed E-state index contributed by atoms with van der Waals surface area (Å²) >= 11 is 0. The fraction of sp³-hybridized carbons (Fsp3) is 0.615. The Morgan fingerprint density at radius 1 is 1.29 bits per heavy atom. The minimum Gasteiger partial charge on any atom is -0.478 e. The van der Waals surface area contributed by atoms with Gasteiger partial charge in [-0.3, -0.25) is 0 Å². The standard InChI is InChI=1S/C13H21NO3/c1-3-5-12-8-11(10-15)9-13(14-12)17-7-4-6-16-2/h8-9,15H,3-7,10H2,1-2H3. The largest absolute Gasteiger partial charge is 0.478 e. The van der Waals surface area contributed by atoms with Gasteiger partial charge in [-0.05, 0) is 18.1 Å². The van der Waals surface area contributed by atoms with Gasteiger partial charge < -0.3 is 14.6 Å². The maximum atomic E-state index is 9.16. The smallest absolute Gasteiger partial charge is 0.213 e. The molecule has 0 saturated heterocycles. The number of nitrogens with zero attached hydrogens (tertiary/aromatic N) is 1. The van der Waals surface area contributed by atoms with Gasteiger partial charge in [-0.2, -0.15) is 0 Å². The van der Waals surface area contributed by atoms with Crippen LogP contribution in [0, 0.1) is 0 Å². The maximum absolute atomic E-state index is 9.16. The SMILES string of the molecule is CCCc1cc(CO)cc(OCCCOC)n1. The second-order valence-electron chi connectivity index (χ2n) is 3.91. The zero-order chi connectivity index (χ0) is 12.5. The lowest BCUT2D eigenvalue weighted by molar-refractivity contribution is 0.170. The van der Waals surface area contributed by atoms with E-state index in [-0.39, 0.29) is 6.61 Å². The Morgan fingerprint density at radius 3 is 2.76 bits per heavy atom. The average Bonchev–Trinajstić information content (AvgIpc) is 2.35. The van der Waals surface area contributed by atoms with Crippen LogP contribution in [0.15, 0.2) is 12.1 Å². The molecule has 1 aromatic heterocycles. The monoisotopic (exact) mass is 239 g/mol. The van der Waals surface area contributed by atoms with Crippen LogP contribution in [0.1, 0.15) is 31.0 Å². The summed E-state index contributed by atoms with van der Waals surface area (Å²) in [5, 5.41) is 9.16. The zero-order valence-electron chi connectivity index (χ0n) is 10.6. The van der Waals surface area contributed by atoms with Crippen molar-refractivity contribution in [3.05, 3.63) is 23.4 Å². The molecular formula is C13H21NO3. The molecule has 4 nitrogen and oxygen atoms in total. The van der Waals surface area contributed by atoms with Crippen molar-refractivity contribution < 1.29 is 14.6 Å². The molecule has 0 unspecified atom stereocenters. The Morgan fingerprint density at radius 2 is 2.12 bits per heavy atom. The van der Waals surface area contributed by atoms with Crippen LogP contribution in [0.2, 0.25) is 0 Å². The fourth-order valence-corrected chi connectivity index (χ4v) is 1.55. The Kier molecular flexibility index (Phi) is 6.58. The van der Waals surface area contributed by atoms with Crippen LogP contribution in [0.25, 0.3) is 0 Å². The summed E-state index contributed by atoms with van der Waals surface area (Å²) < 4.78 is 10.5. The molecule has 1 heterocycles. The highest BCUT2D eigenvalue weighted by molar-refractivity contribution is 5.24. The number of aliphatic hydroxyl groups excluding tert-OH is 1. The first-order valence-corrected chi connectivity index (χ1v) is 6.02. The summed E-state index contributed by atoms with van der Waals surface area (Å²) in [5.74, 6) is 0.594. The van der Waals surface area contributed by atoms with E-state index in [4.69, 9.17) is 14.6 Å². The molecule has 0 aliphatic carbocycles. The summed E-state index contributed by atoms with van der Waals surface area (Å²) in [6, 6.07) is 3.71. The van der Waals surface area contributed by atoms with Gasteiger partial charge in [0.25, 0.3) is 0 Å². The van der Waals surface area contributed by atoms with Gasteiger partial charge in [-0.1, -0.05) is 13.3 Å². The van der Waals surface area contributed by atoms with E-state index in [9.17, 15) is 0 Å². The number of pyridine rings is 1. The van der Waals surface area contributed by atoms with Gasteiger partial charge in [-0.15, -0.1) is 0 Å². The number of hydrogen-bond donors (Lipinski definition) is 1. The van der Waals surface area contributed by atoms with E-state index in [1.54, 1.807) is 13.2 Å². The molecule has 1 rings (SSSR count). The number of ether oxygens (including phenoxy) is 2. The third-order valence-corrected chi connectivity index (χ3v) is 2.35. The zero-order valence-corrected chi connectivity index (χ0v) is 10.6. The molecule has 0 aliphatic heterocycles. The number of methoxy groups -OCH3 is 1. The molecule has 0 spiro atoms. The number of hydrogen-bond acceptors (Lipinski definition) is 4. The average molecular weight is 239 g/mol. The minimum absolute atomic E-state index is 0.0215. The maximum Gasteiger partial charge on any atom is 0.213 e. The molecule has 1 aromatic rings. The molecule has 0 radical (unpaired) electrons. The number of aryl methyl sites for hydroxylation is 1. The van der Waals surface area contributed by atoms with Crippen molar-refractivity contribution in [2.45, 2.75) is 32.8 Å². The third-order valence-electron chi connectivity index (χ3n) is 2.35. The summed E-state index contributed by atoms with van der Waals surface area (Å²) in [6.07, 6.45) is 2.78. The highest BCUT2D eigenvalue weighted by Gasteiger charge is 2.03. The highest BCUT2D eigenvalue weighted by Crippen LogP contribution is 2.14. The fourth-order valence-electron chi connectivity index (χ4n) is 1.55. The normalized spacial score (nSPS) is 10.5. The van der Waals surface area contributed by atoms with Crippen molar-refractivity contribution in [3.63, 3.8) is 0 Å². The molecule has 1 N–H and O–H groups in total. The molecule has 0 saturated carbocycles. The Balaban J connectivity index is 2.59. The van der Waals surface area contributed by atoms with Gasteiger partial charge in [0.1, 0.15) is 0 Å². The Bertz CT molecular complexity index is 328. The summed E-state index contributed by atoms with van der Waals surface area (Å²) in [6.45, 7) is 3.39. The van der Waals surface area contributed by atoms with Gasteiger partial charge in [0.05, 0.1) is 13.2 Å². The van der Waals surface area contributed by atoms with Gasteiger partial charge in [0.15, 0.2) is 0 Å². The van der Waals surface area contributed by atoms with Crippen LogP contribution in [0.5, 0.6) is 5.88 Å². The first-order chi connectivity index (χ1) is 8.30. The molecule has 0 aromatic carbocycles. The Hall–Kier alpha value is -1.13. The van der Waals surface area contributed by atoms with Crippen LogP contribution < -0.4 is 4.74 Å². The molecule has 17 heavy (non-hydrogen) atoms. The molecular weight excluding hydrogens is 218 g/mol. The van der Waals surface area contributed by atoms with E-state index in [1.807, 2.05) is 6.07 Å². The van der Waals surface area contributed by atoms with Gasteiger partial charge >= 0.3 is 0 Å². The lowest BCUT2D eigenvalue weighted by Gasteiger charge is -2.08. The highest BCUT2D eigenvalue weighted by atomic mass is 16.5. The van der Waals surface area contributed by atoms with Gasteiger partial charge in [-0.25, -0.2) is 4.98 Å². The van der Waals surface area contributed by atoms with Crippen LogP contribution in [-0.2, 0) is 17.8 Å². The second-order valence-corrected chi connectivity index (χ2v) is 3.91. The summed E-state index contributed by atoms with van der Waals surface area (Å²) in [7, 11) is 1.67. The first-order valence-electron chi connectivity index (χ1n) is 6.02. The summed E-state index contributed by atoms with van der Waals surface area (Å²) in [5.41, 5.74) is 1.82. The molecule has 0 aliphatic rings. The number of aliphatic hydroxyl groups is 1. The lowest BCUT2D eigenvalue weighted by atomic mass is 10.2. The predicted molar refractivity (Wildman–Crippen MR) is 66.1 cm³/mol. The van der Waals surface area contributed by atoms with Crippen molar-refractivity contribution in [3.8, 4) is 5.88 Å². The van der Waals surface area contributed by atoms with Gasteiger partial charge in [0, 0.05) is 31.9 Å². The van der Waals surface area contributed by atoms with Crippen molar-refractivity contribution in [2.24, 2.45) is 0 Å². The van der Waals surface area contributed by atoms with Crippen LogP contribution in [0.4, 0.5) is 0 Å². The second kappa shape index (κ2) is 8.03. The number of rotatable bonds is 8. The van der Waals surface area contributed by atoms with Crippen molar-refractivity contribution in [1.82, 2.24) is 4.98 Å². The molecule has 0 fully saturated rings. The predicted octanol–water partition coefficient (Wildman–Crippen LogP) is 1.94. The molecule has 0 bridgehead atoms. The van der Waals surface area contributed by atoms with Gasteiger partial charge in [0.2, 0.25) is 5.88 Å². The van der Waals surface area contributed by atoms with E-state index in [1.165, 1.54) is 0 Å². The van der Waals surface area contributed by atoms with Crippen LogP contribution >= 0.6 is 0 Å². The third kappa shape index (κ3) is 5.15. The van der Waals surface area contributed by atoms with E-state index in [2.05, 4.69) is 11.9 Å². The summed E-state index contributed by atoms with van der Waals surface area (Å²) in [4.78, 5) is 4.39. The molecule has 0 atom stereocenters. The Labute approximate surface area is 103 Å². The van der Waals surface area contributed by atoms with E-state index in [0.717, 1.165) is 30.5 Å². The van der Waals surface area contributed by atoms with Crippen molar-refractivity contribution >= 4 is 0 Å². The van der Waals surface area contributed by atoms with E-state index in [0.29, 0.717) is 19.1 Å². The lowest BCUT2D eigenvalue weighted by Crippen LogP contribution is -2.04. The van der Waals surface area contributed by atoms with Crippen molar-refractivity contribution in [2.75, 3.05) is 20.3 Å². The van der Waals surface area contributed by atoms with Crippen LogP contribution in [0.3, 0.4) is 0 Å². The van der Waals surface area contributed by atoms with E-state index < -0.39 is 0 Å². The molecule has 0 amide bonds. The molecule has 96 valence electrons. The van der Waals surface area contributed by atoms with Crippen LogP contribution in [-0.4, -0.2) is 30.4 Å². The van der Waals surface area contributed by atoms with Crippen molar-refractivity contribution in [1.29, 1.82) is 0 Å².